The Kier molecular flexibility index (Phi) is 4.65. The van der Waals surface area contributed by atoms with Gasteiger partial charge in [0, 0.05) is 38.2 Å². The van der Waals surface area contributed by atoms with Gasteiger partial charge in [-0.2, -0.15) is 5.26 Å². The monoisotopic (exact) mass is 328 g/mol. The Morgan fingerprint density at radius 3 is 2.50 bits per heavy atom. The third kappa shape index (κ3) is 3.48. The molecule has 0 radical (unpaired) electrons. The van der Waals surface area contributed by atoms with Gasteiger partial charge in [0.15, 0.2) is 0 Å². The molecule has 3 rings (SSSR count). The maximum absolute atomic E-state index is 12.5. The first-order chi connectivity index (χ1) is 11.6. The fraction of sp³-hybridized carbons (Fsp3) is 0.529. The Labute approximate surface area is 140 Å². The second-order valence-electron chi connectivity index (χ2n) is 6.26. The molecule has 2 aliphatic rings. The molecule has 0 spiro atoms. The number of nitrogens with zero attached hydrogens (tertiary/aromatic N) is 4. The lowest BCUT2D eigenvalue weighted by molar-refractivity contribution is -0.147. The van der Waals surface area contributed by atoms with Crippen molar-refractivity contribution in [3.05, 3.63) is 23.9 Å². The summed E-state index contributed by atoms with van der Waals surface area (Å²) in [5.41, 5.74) is 0.490. The number of aromatic nitrogens is 1. The van der Waals surface area contributed by atoms with Crippen molar-refractivity contribution in [3.8, 4) is 11.9 Å². The van der Waals surface area contributed by atoms with Gasteiger partial charge in [0.05, 0.1) is 18.7 Å². The van der Waals surface area contributed by atoms with Crippen LogP contribution in [0.15, 0.2) is 18.3 Å². The molecule has 1 aromatic heterocycles. The minimum absolute atomic E-state index is 0.00888. The minimum atomic E-state index is -0.0494. The van der Waals surface area contributed by atoms with Crippen molar-refractivity contribution >= 4 is 11.8 Å². The van der Waals surface area contributed by atoms with Gasteiger partial charge in [-0.15, -0.1) is 0 Å². The molecule has 2 saturated heterocycles. The highest BCUT2D eigenvalue weighted by atomic mass is 16.5. The smallest absolute Gasteiger partial charge is 0.226 e. The number of ether oxygens (including phenoxy) is 1. The van der Waals surface area contributed by atoms with Gasteiger partial charge in [0.1, 0.15) is 12.2 Å². The van der Waals surface area contributed by atoms with Crippen LogP contribution < -0.4 is 4.74 Å². The van der Waals surface area contributed by atoms with Crippen LogP contribution >= 0.6 is 0 Å². The van der Waals surface area contributed by atoms with Crippen molar-refractivity contribution in [1.82, 2.24) is 14.8 Å². The first kappa shape index (κ1) is 16.2. The van der Waals surface area contributed by atoms with E-state index in [1.54, 1.807) is 24.0 Å². The van der Waals surface area contributed by atoms with Gasteiger partial charge < -0.3 is 14.5 Å². The molecule has 24 heavy (non-hydrogen) atoms. The van der Waals surface area contributed by atoms with E-state index < -0.39 is 0 Å². The van der Waals surface area contributed by atoms with Gasteiger partial charge in [0.25, 0.3) is 0 Å². The quantitative estimate of drug-likeness (QED) is 0.819. The van der Waals surface area contributed by atoms with Gasteiger partial charge in [-0.05, 0) is 18.9 Å². The predicted octanol–water partition coefficient (Wildman–Crippen LogP) is 0.801. The molecule has 2 aliphatic heterocycles. The van der Waals surface area contributed by atoms with Crippen molar-refractivity contribution in [1.29, 1.82) is 5.26 Å². The summed E-state index contributed by atoms with van der Waals surface area (Å²) in [6, 6.07) is 5.33. The Balaban J connectivity index is 1.43. The molecular weight excluding hydrogens is 308 g/mol. The van der Waals surface area contributed by atoms with E-state index in [4.69, 9.17) is 10.00 Å². The fourth-order valence-electron chi connectivity index (χ4n) is 3.08. The average molecular weight is 328 g/mol. The number of hydrogen-bond acceptors (Lipinski definition) is 5. The second kappa shape index (κ2) is 6.87. The van der Waals surface area contributed by atoms with Crippen LogP contribution in [0.1, 0.15) is 25.3 Å². The van der Waals surface area contributed by atoms with Gasteiger partial charge in [-0.3, -0.25) is 9.59 Å². The maximum atomic E-state index is 12.5. The molecule has 2 amide bonds. The molecule has 0 saturated carbocycles. The third-order valence-electron chi connectivity index (χ3n) is 4.60. The zero-order chi connectivity index (χ0) is 17.1. The van der Waals surface area contributed by atoms with Crippen LogP contribution in [0.25, 0.3) is 0 Å². The van der Waals surface area contributed by atoms with Crippen molar-refractivity contribution in [2.45, 2.75) is 25.9 Å². The van der Waals surface area contributed by atoms with E-state index in [1.165, 1.54) is 6.20 Å². The number of carbonyl (C=O) groups is 2. The minimum Gasteiger partial charge on any atom is -0.471 e. The number of likely N-dealkylation sites (tertiary alicyclic amines) is 2. The zero-order valence-corrected chi connectivity index (χ0v) is 13.6. The molecule has 0 N–H and O–H groups in total. The summed E-state index contributed by atoms with van der Waals surface area (Å²) in [7, 11) is 0. The van der Waals surface area contributed by atoms with Crippen molar-refractivity contribution in [2.75, 3.05) is 26.2 Å². The highest BCUT2D eigenvalue weighted by Crippen LogP contribution is 2.24. The molecule has 3 heterocycles. The van der Waals surface area contributed by atoms with Gasteiger partial charge >= 0.3 is 0 Å². The van der Waals surface area contributed by atoms with E-state index in [-0.39, 0.29) is 23.8 Å². The lowest BCUT2D eigenvalue weighted by Crippen LogP contribution is -2.58. The van der Waals surface area contributed by atoms with Gasteiger partial charge in [-0.1, -0.05) is 0 Å². The number of rotatable bonds is 3. The predicted molar refractivity (Wildman–Crippen MR) is 84.9 cm³/mol. The maximum Gasteiger partial charge on any atom is 0.226 e. The second-order valence-corrected chi connectivity index (χ2v) is 6.26. The van der Waals surface area contributed by atoms with Crippen molar-refractivity contribution in [3.63, 3.8) is 0 Å². The van der Waals surface area contributed by atoms with Crippen LogP contribution in [0.4, 0.5) is 0 Å². The zero-order valence-electron chi connectivity index (χ0n) is 13.6. The summed E-state index contributed by atoms with van der Waals surface area (Å²) < 4.78 is 5.70. The molecule has 0 aliphatic carbocycles. The molecule has 1 aromatic rings. The molecule has 0 unspecified atom stereocenters. The summed E-state index contributed by atoms with van der Waals surface area (Å²) >= 11 is 0. The van der Waals surface area contributed by atoms with E-state index in [1.807, 2.05) is 11.0 Å². The Bertz CT molecular complexity index is 653. The molecule has 0 atom stereocenters. The molecule has 7 nitrogen and oxygen atoms in total. The van der Waals surface area contributed by atoms with E-state index >= 15 is 0 Å². The highest BCUT2D eigenvalue weighted by Gasteiger charge is 2.37. The molecule has 0 aromatic carbocycles. The van der Waals surface area contributed by atoms with Crippen LogP contribution in [0.2, 0.25) is 0 Å². The lowest BCUT2D eigenvalue weighted by Gasteiger charge is -2.41. The Hall–Kier alpha value is -2.62. The van der Waals surface area contributed by atoms with E-state index in [0.29, 0.717) is 37.6 Å². The Morgan fingerprint density at radius 1 is 1.25 bits per heavy atom. The third-order valence-corrected chi connectivity index (χ3v) is 4.60. The topological polar surface area (TPSA) is 86.5 Å². The van der Waals surface area contributed by atoms with Crippen LogP contribution in [-0.2, 0) is 9.59 Å². The van der Waals surface area contributed by atoms with E-state index in [9.17, 15) is 9.59 Å². The number of nitriles is 1. The first-order valence-corrected chi connectivity index (χ1v) is 8.14. The van der Waals surface area contributed by atoms with Crippen molar-refractivity contribution < 1.29 is 14.3 Å². The summed E-state index contributed by atoms with van der Waals surface area (Å²) in [6.45, 7) is 4.01. The summed E-state index contributed by atoms with van der Waals surface area (Å²) in [5, 5.41) is 8.74. The number of pyridine rings is 1. The van der Waals surface area contributed by atoms with Gasteiger partial charge in [0.2, 0.25) is 17.7 Å². The standard InChI is InChI=1S/C17H20N4O3/c1-12(22)20-6-4-14(5-7-20)17(23)21-10-15(11-21)24-16-3-2-13(8-18)9-19-16/h2-3,9,14-15H,4-7,10-11H2,1H3. The number of carbonyl (C=O) groups excluding carboxylic acids is 2. The summed E-state index contributed by atoms with van der Waals surface area (Å²) in [4.78, 5) is 31.4. The van der Waals surface area contributed by atoms with E-state index in [2.05, 4.69) is 4.98 Å². The molecular formula is C17H20N4O3. The normalized spacial score (nSPS) is 18.7. The largest absolute Gasteiger partial charge is 0.471 e. The SMILES string of the molecule is CC(=O)N1CCC(C(=O)N2CC(Oc3ccc(C#N)cn3)C2)CC1. The fourth-order valence-corrected chi connectivity index (χ4v) is 3.08. The molecule has 7 heteroatoms. The Morgan fingerprint density at radius 2 is 1.96 bits per heavy atom. The number of piperidine rings is 1. The number of hydrogen-bond donors (Lipinski definition) is 0. The van der Waals surface area contributed by atoms with E-state index in [0.717, 1.165) is 12.8 Å². The van der Waals surface area contributed by atoms with Crippen LogP contribution in [0.5, 0.6) is 5.88 Å². The average Bonchev–Trinajstić information content (AvgIpc) is 2.58. The summed E-state index contributed by atoms with van der Waals surface area (Å²) in [6.07, 6.45) is 2.89. The first-order valence-electron chi connectivity index (χ1n) is 8.14. The van der Waals surface area contributed by atoms with Gasteiger partial charge in [-0.25, -0.2) is 4.98 Å². The molecule has 0 bridgehead atoms. The van der Waals surface area contributed by atoms with Crippen LogP contribution in [-0.4, -0.2) is 58.9 Å². The van der Waals surface area contributed by atoms with Crippen molar-refractivity contribution in [2.24, 2.45) is 5.92 Å². The lowest BCUT2D eigenvalue weighted by atomic mass is 9.93. The molecule has 126 valence electrons. The van der Waals surface area contributed by atoms with Crippen LogP contribution in [0, 0.1) is 17.2 Å². The molecule has 2 fully saturated rings. The summed E-state index contributed by atoms with van der Waals surface area (Å²) in [5.74, 6) is 0.717. The highest BCUT2D eigenvalue weighted by molar-refractivity contribution is 5.80. The number of amides is 2. The van der Waals surface area contributed by atoms with Crippen LogP contribution in [0.3, 0.4) is 0 Å².